The van der Waals surface area contributed by atoms with Gasteiger partial charge in [0, 0.05) is 12.6 Å². The zero-order valence-electron chi connectivity index (χ0n) is 13.0. The van der Waals surface area contributed by atoms with Crippen LogP contribution in [0.1, 0.15) is 38.7 Å². The molecule has 5 nitrogen and oxygen atoms in total. The van der Waals surface area contributed by atoms with Crippen LogP contribution in [0.15, 0.2) is 18.2 Å². The highest BCUT2D eigenvalue weighted by molar-refractivity contribution is 5.48. The van der Waals surface area contributed by atoms with Crippen LogP contribution in [0.4, 0.5) is 5.69 Å². The molecule has 0 aromatic heterocycles. The largest absolute Gasteiger partial charge is 0.483 e. The van der Waals surface area contributed by atoms with Crippen molar-refractivity contribution in [1.29, 1.82) is 0 Å². The summed E-state index contributed by atoms with van der Waals surface area (Å²) in [6.07, 6.45) is 3.24. The molecule has 0 radical (unpaired) electrons. The Balaban J connectivity index is 2.16. The van der Waals surface area contributed by atoms with Gasteiger partial charge >= 0.3 is 5.69 Å². The van der Waals surface area contributed by atoms with E-state index >= 15 is 0 Å². The fourth-order valence-corrected chi connectivity index (χ4v) is 3.27. The molecule has 0 spiro atoms. The van der Waals surface area contributed by atoms with Crippen LogP contribution >= 0.6 is 0 Å². The van der Waals surface area contributed by atoms with Gasteiger partial charge in [0.05, 0.1) is 11.0 Å². The third-order valence-electron chi connectivity index (χ3n) is 4.03. The van der Waals surface area contributed by atoms with Crippen molar-refractivity contribution in [3.8, 4) is 5.75 Å². The number of ether oxygens (including phenoxy) is 1. The molecular weight excluding hydrogens is 268 g/mol. The van der Waals surface area contributed by atoms with E-state index in [1.165, 1.54) is 6.42 Å². The number of hydrogen-bond acceptors (Lipinski definition) is 4. The Labute approximate surface area is 125 Å². The van der Waals surface area contributed by atoms with Crippen LogP contribution in [0.5, 0.6) is 5.75 Å². The van der Waals surface area contributed by atoms with Crippen LogP contribution in [0.2, 0.25) is 0 Å². The Morgan fingerprint density at radius 2 is 1.95 bits per heavy atom. The van der Waals surface area contributed by atoms with Gasteiger partial charge in [0.2, 0.25) is 0 Å². The minimum atomic E-state index is -0.357. The maximum atomic E-state index is 11.3. The lowest BCUT2D eigenvalue weighted by Gasteiger charge is -2.31. The summed E-state index contributed by atoms with van der Waals surface area (Å²) in [5.74, 6) is 1.62. The molecule has 1 aromatic carbocycles. The number of nitrogens with one attached hydrogen (secondary N) is 1. The fraction of sp³-hybridized carbons (Fsp3) is 0.625. The van der Waals surface area contributed by atoms with Crippen molar-refractivity contribution in [3.63, 3.8) is 0 Å². The van der Waals surface area contributed by atoms with Crippen LogP contribution in [-0.2, 0) is 6.54 Å². The molecule has 1 aliphatic rings. The summed E-state index contributed by atoms with van der Waals surface area (Å²) < 4.78 is 5.96. The molecule has 2 unspecified atom stereocenters. The number of nitrogens with zero attached hydrogens (tertiary/aromatic N) is 1. The number of nitro groups is 1. The van der Waals surface area contributed by atoms with Gasteiger partial charge in [-0.25, -0.2) is 0 Å². The van der Waals surface area contributed by atoms with E-state index in [2.05, 4.69) is 19.2 Å². The molecule has 1 aromatic rings. The highest BCUT2D eigenvalue weighted by atomic mass is 16.6. The van der Waals surface area contributed by atoms with Crippen molar-refractivity contribution in [2.24, 2.45) is 11.8 Å². The van der Waals surface area contributed by atoms with Gasteiger partial charge in [-0.3, -0.25) is 10.1 Å². The molecule has 5 heteroatoms. The van der Waals surface area contributed by atoms with Gasteiger partial charge in [0.25, 0.3) is 0 Å². The minimum Gasteiger partial charge on any atom is -0.483 e. The molecule has 1 N–H and O–H groups in total. The van der Waals surface area contributed by atoms with Gasteiger partial charge in [-0.05, 0) is 49.8 Å². The highest BCUT2D eigenvalue weighted by Gasteiger charge is 2.27. The Kier molecular flexibility index (Phi) is 5.17. The van der Waals surface area contributed by atoms with E-state index in [1.807, 2.05) is 13.1 Å². The van der Waals surface area contributed by atoms with E-state index in [-0.39, 0.29) is 16.7 Å². The number of rotatable bonds is 5. The Morgan fingerprint density at radius 3 is 2.52 bits per heavy atom. The standard InChI is InChI=1S/C16H24N2O3/c1-11-6-12(2)8-14(7-11)21-16-5-4-13(10-17-3)9-15(16)18(19)20/h4-5,9,11-12,14,17H,6-8,10H2,1-3H3. The molecule has 1 aliphatic carbocycles. The Hall–Kier alpha value is -1.62. The topological polar surface area (TPSA) is 64.4 Å². The van der Waals surface area contributed by atoms with Crippen LogP contribution < -0.4 is 10.1 Å². The Morgan fingerprint density at radius 1 is 1.29 bits per heavy atom. The first-order chi connectivity index (χ1) is 9.99. The van der Waals surface area contributed by atoms with Gasteiger partial charge in [-0.2, -0.15) is 0 Å². The SMILES string of the molecule is CNCc1ccc(OC2CC(C)CC(C)C2)c([N+](=O)[O-])c1. The molecule has 116 valence electrons. The van der Waals surface area contributed by atoms with Crippen LogP contribution in [0.3, 0.4) is 0 Å². The summed E-state index contributed by atoms with van der Waals surface area (Å²) >= 11 is 0. The molecule has 0 aliphatic heterocycles. The first-order valence-corrected chi connectivity index (χ1v) is 7.58. The number of hydrogen-bond donors (Lipinski definition) is 1. The molecule has 2 rings (SSSR count). The predicted molar refractivity (Wildman–Crippen MR) is 82.5 cm³/mol. The Bertz CT molecular complexity index is 494. The van der Waals surface area contributed by atoms with Crippen LogP contribution in [-0.4, -0.2) is 18.1 Å². The summed E-state index contributed by atoms with van der Waals surface area (Å²) in [5.41, 5.74) is 0.954. The lowest BCUT2D eigenvalue weighted by Crippen LogP contribution is -2.28. The molecule has 0 amide bonds. The molecule has 1 fully saturated rings. The third kappa shape index (κ3) is 4.17. The van der Waals surface area contributed by atoms with Crippen molar-refractivity contribution in [2.45, 2.75) is 45.8 Å². The van der Waals surface area contributed by atoms with E-state index in [1.54, 1.807) is 12.1 Å². The van der Waals surface area contributed by atoms with Gasteiger partial charge in [-0.1, -0.05) is 19.9 Å². The first-order valence-electron chi connectivity index (χ1n) is 7.58. The maximum absolute atomic E-state index is 11.3. The summed E-state index contributed by atoms with van der Waals surface area (Å²) in [7, 11) is 1.82. The van der Waals surface area contributed by atoms with Crippen molar-refractivity contribution in [3.05, 3.63) is 33.9 Å². The summed E-state index contributed by atoms with van der Waals surface area (Å²) in [6, 6.07) is 5.21. The second-order valence-corrected chi connectivity index (χ2v) is 6.25. The van der Waals surface area contributed by atoms with Gasteiger partial charge in [0.1, 0.15) is 0 Å². The van der Waals surface area contributed by atoms with E-state index in [0.29, 0.717) is 24.1 Å². The quantitative estimate of drug-likeness (QED) is 0.666. The number of nitro benzene ring substituents is 1. The summed E-state index contributed by atoms with van der Waals surface area (Å²) in [5, 5.41) is 14.3. The van der Waals surface area contributed by atoms with E-state index in [4.69, 9.17) is 4.74 Å². The van der Waals surface area contributed by atoms with E-state index < -0.39 is 0 Å². The smallest absolute Gasteiger partial charge is 0.311 e. The minimum absolute atomic E-state index is 0.0635. The van der Waals surface area contributed by atoms with Crippen molar-refractivity contribution in [1.82, 2.24) is 5.32 Å². The zero-order chi connectivity index (χ0) is 15.4. The molecule has 1 saturated carbocycles. The first kappa shape index (κ1) is 15.8. The van der Waals surface area contributed by atoms with Gasteiger partial charge in [0.15, 0.2) is 5.75 Å². The monoisotopic (exact) mass is 292 g/mol. The average molecular weight is 292 g/mol. The molecule has 2 atom stereocenters. The van der Waals surface area contributed by atoms with Crippen LogP contribution in [0.25, 0.3) is 0 Å². The van der Waals surface area contributed by atoms with E-state index in [9.17, 15) is 10.1 Å². The molecule has 21 heavy (non-hydrogen) atoms. The maximum Gasteiger partial charge on any atom is 0.311 e. The van der Waals surface area contributed by atoms with Crippen LogP contribution in [0, 0.1) is 22.0 Å². The summed E-state index contributed by atoms with van der Waals surface area (Å²) in [4.78, 5) is 10.9. The number of benzene rings is 1. The third-order valence-corrected chi connectivity index (χ3v) is 4.03. The molecular formula is C16H24N2O3. The second-order valence-electron chi connectivity index (χ2n) is 6.25. The van der Waals surface area contributed by atoms with Crippen molar-refractivity contribution in [2.75, 3.05) is 7.05 Å². The highest BCUT2D eigenvalue weighted by Crippen LogP contribution is 2.35. The second kappa shape index (κ2) is 6.89. The predicted octanol–water partition coefficient (Wildman–Crippen LogP) is 3.52. The average Bonchev–Trinajstić information content (AvgIpc) is 2.39. The van der Waals surface area contributed by atoms with Crippen molar-refractivity contribution < 1.29 is 9.66 Å². The van der Waals surface area contributed by atoms with Gasteiger partial charge in [-0.15, -0.1) is 0 Å². The molecule has 0 saturated heterocycles. The summed E-state index contributed by atoms with van der Waals surface area (Å²) in [6.45, 7) is 5.05. The molecule has 0 bridgehead atoms. The molecule has 0 heterocycles. The zero-order valence-corrected chi connectivity index (χ0v) is 13.0. The van der Waals surface area contributed by atoms with Gasteiger partial charge < -0.3 is 10.1 Å². The lowest BCUT2D eigenvalue weighted by atomic mass is 9.82. The normalized spacial score (nSPS) is 25.6. The lowest BCUT2D eigenvalue weighted by molar-refractivity contribution is -0.386. The van der Waals surface area contributed by atoms with Crippen molar-refractivity contribution >= 4 is 5.69 Å². The fourth-order valence-electron chi connectivity index (χ4n) is 3.27. The van der Waals surface area contributed by atoms with E-state index in [0.717, 1.165) is 18.4 Å².